The van der Waals surface area contributed by atoms with Gasteiger partial charge in [-0.1, -0.05) is 23.8 Å². The minimum atomic E-state index is -0.229. The smallest absolute Gasteiger partial charge is 0.237 e. The number of hydrogen-bond acceptors (Lipinski definition) is 3. The molecule has 4 nitrogen and oxygen atoms in total. The van der Waals surface area contributed by atoms with Gasteiger partial charge in [0.1, 0.15) is 0 Å². The molecule has 4 heteroatoms. The molecule has 1 heterocycles. The Hall–Kier alpha value is -1.68. The first-order valence-corrected chi connectivity index (χ1v) is 6.19. The molecule has 1 aromatic carbocycles. The van der Waals surface area contributed by atoms with Crippen LogP contribution in [0, 0.1) is 6.92 Å². The highest BCUT2D eigenvalue weighted by Crippen LogP contribution is 2.09. The second-order valence-corrected chi connectivity index (χ2v) is 4.73. The summed E-state index contributed by atoms with van der Waals surface area (Å²) in [6.07, 6.45) is 0. The molecule has 18 heavy (non-hydrogen) atoms. The van der Waals surface area contributed by atoms with E-state index in [1.165, 1.54) is 0 Å². The summed E-state index contributed by atoms with van der Waals surface area (Å²) in [5.41, 5.74) is 1.79. The summed E-state index contributed by atoms with van der Waals surface area (Å²) in [5.74, 6) is 0.0681. The van der Waals surface area contributed by atoms with E-state index in [0.29, 0.717) is 18.7 Å². The Morgan fingerprint density at radius 1 is 1.50 bits per heavy atom. The van der Waals surface area contributed by atoms with Crippen LogP contribution in [0.25, 0.3) is 0 Å². The van der Waals surface area contributed by atoms with Crippen molar-refractivity contribution >= 4 is 11.7 Å². The van der Waals surface area contributed by atoms with Crippen LogP contribution in [-0.4, -0.2) is 42.3 Å². The van der Waals surface area contributed by atoms with E-state index in [1.54, 1.807) is 0 Å². The Bertz CT molecular complexity index is 471. The number of rotatable bonds is 3. The number of benzene rings is 1. The number of hydrogen-bond donors (Lipinski definition) is 1. The fourth-order valence-corrected chi connectivity index (χ4v) is 2.14. The summed E-state index contributed by atoms with van der Waals surface area (Å²) in [4.78, 5) is 25.6. The van der Waals surface area contributed by atoms with Gasteiger partial charge in [-0.3, -0.25) is 14.5 Å². The van der Waals surface area contributed by atoms with Crippen LogP contribution in [0.15, 0.2) is 24.3 Å². The van der Waals surface area contributed by atoms with Crippen LogP contribution < -0.4 is 5.32 Å². The van der Waals surface area contributed by atoms with Crippen molar-refractivity contribution in [1.82, 2.24) is 10.2 Å². The van der Waals surface area contributed by atoms with Gasteiger partial charge in [0.2, 0.25) is 5.91 Å². The molecule has 1 atom stereocenters. The quantitative estimate of drug-likeness (QED) is 0.809. The van der Waals surface area contributed by atoms with Crippen molar-refractivity contribution in [3.05, 3.63) is 35.4 Å². The van der Waals surface area contributed by atoms with Crippen molar-refractivity contribution in [1.29, 1.82) is 0 Å². The van der Waals surface area contributed by atoms with Gasteiger partial charge in [0.15, 0.2) is 5.78 Å². The maximum atomic E-state index is 12.1. The van der Waals surface area contributed by atoms with Gasteiger partial charge in [-0.15, -0.1) is 0 Å². The second kappa shape index (κ2) is 5.31. The maximum absolute atomic E-state index is 12.1. The summed E-state index contributed by atoms with van der Waals surface area (Å²) < 4.78 is 0. The van der Waals surface area contributed by atoms with E-state index in [1.807, 2.05) is 43.0 Å². The number of carbonyl (C=O) groups excluding carboxylic acids is 2. The standard InChI is InChI=1S/C14H18N2O2/c1-10-4-3-5-12(8-10)13(17)9-16-7-6-15-14(18)11(16)2/h3-5,8,11H,6-7,9H2,1-2H3,(H,15,18). The topological polar surface area (TPSA) is 49.4 Å². The molecule has 1 unspecified atom stereocenters. The van der Waals surface area contributed by atoms with Gasteiger partial charge in [-0.25, -0.2) is 0 Å². The highest BCUT2D eigenvalue weighted by Gasteiger charge is 2.26. The fraction of sp³-hybridized carbons (Fsp3) is 0.429. The van der Waals surface area contributed by atoms with Crippen LogP contribution >= 0.6 is 0 Å². The molecule has 1 amide bonds. The lowest BCUT2D eigenvalue weighted by Crippen LogP contribution is -2.55. The normalized spacial score (nSPS) is 20.6. The molecule has 0 saturated carbocycles. The summed E-state index contributed by atoms with van der Waals surface area (Å²) in [6, 6.07) is 7.33. The lowest BCUT2D eigenvalue weighted by atomic mass is 10.1. The van der Waals surface area contributed by atoms with E-state index in [-0.39, 0.29) is 17.7 Å². The zero-order valence-corrected chi connectivity index (χ0v) is 10.8. The van der Waals surface area contributed by atoms with Gasteiger partial charge in [-0.05, 0) is 19.9 Å². The molecule has 1 aliphatic rings. The number of ketones is 1. The van der Waals surface area contributed by atoms with Crippen LogP contribution in [0.3, 0.4) is 0 Å². The van der Waals surface area contributed by atoms with Gasteiger partial charge in [0, 0.05) is 18.7 Å². The van der Waals surface area contributed by atoms with Gasteiger partial charge in [0.05, 0.1) is 12.6 Å². The molecule has 2 rings (SSSR count). The fourth-order valence-electron chi connectivity index (χ4n) is 2.14. The predicted molar refractivity (Wildman–Crippen MR) is 69.6 cm³/mol. The number of nitrogens with zero attached hydrogens (tertiary/aromatic N) is 1. The van der Waals surface area contributed by atoms with Gasteiger partial charge in [-0.2, -0.15) is 0 Å². The minimum Gasteiger partial charge on any atom is -0.353 e. The van der Waals surface area contributed by atoms with Crippen molar-refractivity contribution in [2.75, 3.05) is 19.6 Å². The molecular formula is C14H18N2O2. The van der Waals surface area contributed by atoms with E-state index < -0.39 is 0 Å². The maximum Gasteiger partial charge on any atom is 0.237 e. The SMILES string of the molecule is Cc1cccc(C(=O)CN2CCNC(=O)C2C)c1. The average Bonchev–Trinajstić information content (AvgIpc) is 2.35. The Morgan fingerprint density at radius 2 is 2.28 bits per heavy atom. The molecule has 0 spiro atoms. The lowest BCUT2D eigenvalue weighted by Gasteiger charge is -2.32. The monoisotopic (exact) mass is 246 g/mol. The number of amides is 1. The molecule has 1 saturated heterocycles. The Labute approximate surface area is 107 Å². The highest BCUT2D eigenvalue weighted by atomic mass is 16.2. The van der Waals surface area contributed by atoms with Crippen molar-refractivity contribution in [3.8, 4) is 0 Å². The summed E-state index contributed by atoms with van der Waals surface area (Å²) in [5, 5.41) is 2.79. The first-order valence-electron chi connectivity index (χ1n) is 6.19. The number of nitrogens with one attached hydrogen (secondary N) is 1. The summed E-state index contributed by atoms with van der Waals surface area (Å²) in [7, 11) is 0. The van der Waals surface area contributed by atoms with Crippen molar-refractivity contribution in [3.63, 3.8) is 0 Å². The predicted octanol–water partition coefficient (Wildman–Crippen LogP) is 0.998. The van der Waals surface area contributed by atoms with Crippen molar-refractivity contribution < 1.29 is 9.59 Å². The van der Waals surface area contributed by atoms with Crippen LogP contribution in [0.2, 0.25) is 0 Å². The number of piperazine rings is 1. The molecule has 0 aliphatic carbocycles. The largest absolute Gasteiger partial charge is 0.353 e. The molecule has 1 N–H and O–H groups in total. The Morgan fingerprint density at radius 3 is 3.00 bits per heavy atom. The highest BCUT2D eigenvalue weighted by molar-refractivity contribution is 5.98. The third kappa shape index (κ3) is 2.76. The number of carbonyl (C=O) groups is 2. The zero-order valence-electron chi connectivity index (χ0n) is 10.8. The van der Waals surface area contributed by atoms with Crippen LogP contribution in [-0.2, 0) is 4.79 Å². The minimum absolute atomic E-state index is 0.00158. The molecule has 0 bridgehead atoms. The van der Waals surface area contributed by atoms with E-state index in [4.69, 9.17) is 0 Å². The second-order valence-electron chi connectivity index (χ2n) is 4.73. The first-order chi connectivity index (χ1) is 8.58. The molecule has 1 aliphatic heterocycles. The molecule has 0 aromatic heterocycles. The van der Waals surface area contributed by atoms with E-state index >= 15 is 0 Å². The van der Waals surface area contributed by atoms with Gasteiger partial charge < -0.3 is 5.32 Å². The van der Waals surface area contributed by atoms with E-state index in [0.717, 1.165) is 12.1 Å². The molecule has 0 radical (unpaired) electrons. The Balaban J connectivity index is 2.05. The zero-order chi connectivity index (χ0) is 13.1. The molecule has 1 aromatic rings. The average molecular weight is 246 g/mol. The van der Waals surface area contributed by atoms with Crippen molar-refractivity contribution in [2.24, 2.45) is 0 Å². The summed E-state index contributed by atoms with van der Waals surface area (Å²) >= 11 is 0. The third-order valence-corrected chi connectivity index (χ3v) is 3.31. The molecule has 1 fully saturated rings. The van der Waals surface area contributed by atoms with E-state index in [9.17, 15) is 9.59 Å². The van der Waals surface area contributed by atoms with Crippen LogP contribution in [0.4, 0.5) is 0 Å². The van der Waals surface area contributed by atoms with Gasteiger partial charge in [0.25, 0.3) is 0 Å². The van der Waals surface area contributed by atoms with Crippen LogP contribution in [0.5, 0.6) is 0 Å². The number of Topliss-reactive ketones (excluding diaryl/α,β-unsaturated/α-hetero) is 1. The number of aryl methyl sites for hydroxylation is 1. The molecular weight excluding hydrogens is 228 g/mol. The van der Waals surface area contributed by atoms with Crippen LogP contribution in [0.1, 0.15) is 22.8 Å². The Kier molecular flexibility index (Phi) is 3.77. The lowest BCUT2D eigenvalue weighted by molar-refractivity contribution is -0.127. The summed E-state index contributed by atoms with van der Waals surface area (Å²) in [6.45, 7) is 5.44. The van der Waals surface area contributed by atoms with Crippen molar-refractivity contribution in [2.45, 2.75) is 19.9 Å². The first kappa shape index (κ1) is 12.8. The third-order valence-electron chi connectivity index (χ3n) is 3.31. The molecule has 96 valence electrons. The van der Waals surface area contributed by atoms with Gasteiger partial charge >= 0.3 is 0 Å². The van der Waals surface area contributed by atoms with E-state index in [2.05, 4.69) is 5.32 Å².